The van der Waals surface area contributed by atoms with Gasteiger partial charge in [0.2, 0.25) is 5.91 Å². The van der Waals surface area contributed by atoms with Gasteiger partial charge in [0.05, 0.1) is 26.4 Å². The standard InChI is InChI=1S/C15H22N2O3/c1-3-12(11-6-4-5-7-14(11)19-2)17-15(18)13-10-20-9-8-16-13/h4-7,12-13,16H,3,8-10H2,1-2H3,(H,17,18). The molecule has 1 aromatic carbocycles. The summed E-state index contributed by atoms with van der Waals surface area (Å²) in [7, 11) is 1.64. The van der Waals surface area contributed by atoms with Crippen LogP contribution in [-0.2, 0) is 9.53 Å². The molecule has 2 rings (SSSR count). The van der Waals surface area contributed by atoms with Crippen molar-refractivity contribution in [3.8, 4) is 5.75 Å². The highest BCUT2D eigenvalue weighted by Gasteiger charge is 2.24. The van der Waals surface area contributed by atoms with Gasteiger partial charge in [-0.05, 0) is 12.5 Å². The molecule has 5 nitrogen and oxygen atoms in total. The van der Waals surface area contributed by atoms with Gasteiger partial charge in [-0.2, -0.15) is 0 Å². The Kier molecular flexibility index (Phi) is 5.38. The van der Waals surface area contributed by atoms with Gasteiger partial charge in [0.15, 0.2) is 0 Å². The van der Waals surface area contributed by atoms with Crippen LogP contribution in [0.1, 0.15) is 24.9 Å². The molecule has 0 radical (unpaired) electrons. The smallest absolute Gasteiger partial charge is 0.240 e. The van der Waals surface area contributed by atoms with Crippen molar-refractivity contribution in [2.75, 3.05) is 26.9 Å². The Morgan fingerprint density at radius 3 is 3.00 bits per heavy atom. The van der Waals surface area contributed by atoms with Crippen molar-refractivity contribution in [3.63, 3.8) is 0 Å². The normalized spacial score (nSPS) is 20.2. The molecule has 0 spiro atoms. The second kappa shape index (κ2) is 7.26. The summed E-state index contributed by atoms with van der Waals surface area (Å²) < 4.78 is 10.7. The number of nitrogens with one attached hydrogen (secondary N) is 2. The fourth-order valence-corrected chi connectivity index (χ4v) is 2.36. The van der Waals surface area contributed by atoms with E-state index in [4.69, 9.17) is 9.47 Å². The summed E-state index contributed by atoms with van der Waals surface area (Å²) in [6, 6.07) is 7.45. The Hall–Kier alpha value is -1.59. The average molecular weight is 278 g/mol. The molecule has 1 aliphatic heterocycles. The molecule has 20 heavy (non-hydrogen) atoms. The Bertz CT molecular complexity index is 444. The van der Waals surface area contributed by atoms with Crippen LogP contribution in [0.15, 0.2) is 24.3 Å². The first-order chi connectivity index (χ1) is 9.76. The minimum atomic E-state index is -0.271. The molecule has 2 atom stereocenters. The van der Waals surface area contributed by atoms with Crippen LogP contribution in [0, 0.1) is 0 Å². The molecule has 110 valence electrons. The van der Waals surface area contributed by atoms with Crippen LogP contribution in [0.5, 0.6) is 5.75 Å². The largest absolute Gasteiger partial charge is 0.496 e. The molecule has 5 heteroatoms. The van der Waals surface area contributed by atoms with Crippen LogP contribution in [0.4, 0.5) is 0 Å². The maximum atomic E-state index is 12.2. The SMILES string of the molecule is CCC(NC(=O)C1COCCN1)c1ccccc1OC. The second-order valence-electron chi connectivity index (χ2n) is 4.79. The molecule has 0 aromatic heterocycles. The summed E-state index contributed by atoms with van der Waals surface area (Å²) in [4.78, 5) is 12.2. The average Bonchev–Trinajstić information content (AvgIpc) is 2.53. The van der Waals surface area contributed by atoms with E-state index >= 15 is 0 Å². The van der Waals surface area contributed by atoms with E-state index in [1.807, 2.05) is 31.2 Å². The van der Waals surface area contributed by atoms with Crippen molar-refractivity contribution in [2.24, 2.45) is 0 Å². The van der Waals surface area contributed by atoms with Crippen LogP contribution < -0.4 is 15.4 Å². The van der Waals surface area contributed by atoms with Gasteiger partial charge >= 0.3 is 0 Å². The van der Waals surface area contributed by atoms with Gasteiger partial charge in [-0.25, -0.2) is 0 Å². The number of amides is 1. The lowest BCUT2D eigenvalue weighted by Gasteiger charge is -2.26. The molecule has 2 N–H and O–H groups in total. The zero-order valence-electron chi connectivity index (χ0n) is 12.0. The van der Waals surface area contributed by atoms with Crippen LogP contribution in [0.2, 0.25) is 0 Å². The summed E-state index contributed by atoms with van der Waals surface area (Å²) in [5, 5.41) is 6.23. The first kappa shape index (κ1) is 14.8. The lowest BCUT2D eigenvalue weighted by atomic mass is 10.0. The fourth-order valence-electron chi connectivity index (χ4n) is 2.36. The highest BCUT2D eigenvalue weighted by molar-refractivity contribution is 5.82. The third-order valence-electron chi connectivity index (χ3n) is 3.48. The Morgan fingerprint density at radius 2 is 2.35 bits per heavy atom. The maximum Gasteiger partial charge on any atom is 0.240 e. The van der Waals surface area contributed by atoms with Crippen LogP contribution in [0.3, 0.4) is 0 Å². The summed E-state index contributed by atoms with van der Waals surface area (Å²) in [5.74, 6) is 0.773. The molecular weight excluding hydrogens is 256 g/mol. The monoisotopic (exact) mass is 278 g/mol. The quantitative estimate of drug-likeness (QED) is 0.851. The Balaban J connectivity index is 2.06. The summed E-state index contributed by atoms with van der Waals surface area (Å²) in [6.07, 6.45) is 0.805. The van der Waals surface area contributed by atoms with Gasteiger partial charge in [-0.3, -0.25) is 4.79 Å². The molecule has 0 bridgehead atoms. The third kappa shape index (κ3) is 3.49. The molecule has 1 aromatic rings. The van der Waals surface area contributed by atoms with E-state index in [1.54, 1.807) is 7.11 Å². The minimum Gasteiger partial charge on any atom is -0.496 e. The first-order valence-corrected chi connectivity index (χ1v) is 7.00. The molecule has 1 amide bonds. The topological polar surface area (TPSA) is 59.6 Å². The van der Waals surface area contributed by atoms with Gasteiger partial charge in [-0.15, -0.1) is 0 Å². The molecule has 1 heterocycles. The predicted molar refractivity (Wildman–Crippen MR) is 76.8 cm³/mol. The summed E-state index contributed by atoms with van der Waals surface area (Å²) >= 11 is 0. The van der Waals surface area contributed by atoms with Crippen molar-refractivity contribution in [2.45, 2.75) is 25.4 Å². The molecule has 0 saturated carbocycles. The Morgan fingerprint density at radius 1 is 1.55 bits per heavy atom. The van der Waals surface area contributed by atoms with E-state index in [0.717, 1.165) is 17.7 Å². The number of carbonyl (C=O) groups is 1. The zero-order valence-corrected chi connectivity index (χ0v) is 12.0. The van der Waals surface area contributed by atoms with Gasteiger partial charge < -0.3 is 20.1 Å². The minimum absolute atomic E-state index is 0.0255. The molecular formula is C15H22N2O3. The third-order valence-corrected chi connectivity index (χ3v) is 3.48. The molecule has 1 fully saturated rings. The van der Waals surface area contributed by atoms with E-state index in [9.17, 15) is 4.79 Å². The summed E-state index contributed by atoms with van der Waals surface area (Å²) in [6.45, 7) is 3.84. The number of methoxy groups -OCH3 is 1. The van der Waals surface area contributed by atoms with Crippen LogP contribution >= 0.6 is 0 Å². The van der Waals surface area contributed by atoms with Gasteiger partial charge in [0.25, 0.3) is 0 Å². The fraction of sp³-hybridized carbons (Fsp3) is 0.533. The van der Waals surface area contributed by atoms with E-state index in [2.05, 4.69) is 10.6 Å². The van der Waals surface area contributed by atoms with Crippen molar-refractivity contribution in [1.82, 2.24) is 10.6 Å². The number of hydrogen-bond donors (Lipinski definition) is 2. The van der Waals surface area contributed by atoms with Crippen molar-refractivity contribution >= 4 is 5.91 Å². The van der Waals surface area contributed by atoms with Crippen molar-refractivity contribution in [1.29, 1.82) is 0 Å². The van der Waals surface area contributed by atoms with Crippen molar-refractivity contribution in [3.05, 3.63) is 29.8 Å². The first-order valence-electron chi connectivity index (χ1n) is 7.00. The number of morpholine rings is 1. The van der Waals surface area contributed by atoms with Gasteiger partial charge in [0, 0.05) is 12.1 Å². The number of benzene rings is 1. The second-order valence-corrected chi connectivity index (χ2v) is 4.79. The number of carbonyl (C=O) groups excluding carboxylic acids is 1. The van der Waals surface area contributed by atoms with Crippen LogP contribution in [-0.4, -0.2) is 38.8 Å². The molecule has 1 saturated heterocycles. The zero-order chi connectivity index (χ0) is 14.4. The van der Waals surface area contributed by atoms with E-state index in [-0.39, 0.29) is 18.0 Å². The molecule has 0 aliphatic carbocycles. The van der Waals surface area contributed by atoms with Gasteiger partial charge in [-0.1, -0.05) is 25.1 Å². The molecule has 2 unspecified atom stereocenters. The lowest BCUT2D eigenvalue weighted by Crippen LogP contribution is -2.51. The Labute approximate surface area is 119 Å². The molecule has 1 aliphatic rings. The van der Waals surface area contributed by atoms with Crippen molar-refractivity contribution < 1.29 is 14.3 Å². The highest BCUT2D eigenvalue weighted by atomic mass is 16.5. The highest BCUT2D eigenvalue weighted by Crippen LogP contribution is 2.26. The van der Waals surface area contributed by atoms with E-state index < -0.39 is 0 Å². The van der Waals surface area contributed by atoms with E-state index in [0.29, 0.717) is 19.8 Å². The number of hydrogen-bond acceptors (Lipinski definition) is 4. The van der Waals surface area contributed by atoms with Crippen LogP contribution in [0.25, 0.3) is 0 Å². The maximum absolute atomic E-state index is 12.2. The lowest BCUT2D eigenvalue weighted by molar-refractivity contribution is -0.126. The van der Waals surface area contributed by atoms with E-state index in [1.165, 1.54) is 0 Å². The predicted octanol–water partition coefficient (Wildman–Crippen LogP) is 1.25. The van der Waals surface area contributed by atoms with Gasteiger partial charge in [0.1, 0.15) is 11.8 Å². The number of ether oxygens (including phenoxy) is 2. The summed E-state index contributed by atoms with van der Waals surface area (Å²) in [5.41, 5.74) is 1.00. The number of rotatable bonds is 5. The number of para-hydroxylation sites is 1.